The largest absolute Gasteiger partial charge is 0.456 e. The second-order valence-electron chi connectivity index (χ2n) is 4.60. The highest BCUT2D eigenvalue weighted by Crippen LogP contribution is 2.49. The zero-order valence-corrected chi connectivity index (χ0v) is 11.2. The van der Waals surface area contributed by atoms with Gasteiger partial charge in [0.05, 0.1) is 4.91 Å². The summed E-state index contributed by atoms with van der Waals surface area (Å²) in [5, 5.41) is 11.2. The summed E-state index contributed by atoms with van der Waals surface area (Å²) >= 11 is 1.40. The Kier molecular flexibility index (Phi) is 3.26. The molecular formula is C14H16N2O2S. The van der Waals surface area contributed by atoms with Crippen LogP contribution in [-0.4, -0.2) is 11.7 Å². The summed E-state index contributed by atoms with van der Waals surface area (Å²) in [7, 11) is 0. The fraction of sp³-hybridized carbons (Fsp3) is 0.286. The van der Waals surface area contributed by atoms with Crippen molar-refractivity contribution in [1.82, 2.24) is 4.72 Å². The summed E-state index contributed by atoms with van der Waals surface area (Å²) in [6, 6.07) is 7.62. The molecule has 0 aliphatic carbocycles. The van der Waals surface area contributed by atoms with E-state index in [0.717, 1.165) is 16.9 Å². The summed E-state index contributed by atoms with van der Waals surface area (Å²) in [6.07, 6.45) is 4.99. The monoisotopic (exact) mass is 276 g/mol. The maximum atomic E-state index is 11.2. The van der Waals surface area contributed by atoms with Crippen LogP contribution < -0.4 is 15.2 Å². The van der Waals surface area contributed by atoms with Crippen LogP contribution in [0.4, 0.5) is 0 Å². The fourth-order valence-corrected chi connectivity index (χ4v) is 3.29. The molecule has 19 heavy (non-hydrogen) atoms. The molecule has 2 aliphatic rings. The lowest BCUT2D eigenvalue weighted by atomic mass is 9.85. The average Bonchev–Trinajstić information content (AvgIpc) is 2.46. The predicted molar refractivity (Wildman–Crippen MR) is 76.1 cm³/mol. The Balaban J connectivity index is 2.10. The SMILES string of the molecule is NCCCC1(O)C2=C(C=CNS2)Oc2ccccc21. The van der Waals surface area contributed by atoms with Gasteiger partial charge >= 0.3 is 0 Å². The molecule has 100 valence electrons. The minimum Gasteiger partial charge on any atom is -0.456 e. The predicted octanol–water partition coefficient (Wildman–Crippen LogP) is 1.98. The van der Waals surface area contributed by atoms with Gasteiger partial charge in [0.25, 0.3) is 0 Å². The Hall–Kier alpha value is -1.43. The summed E-state index contributed by atoms with van der Waals surface area (Å²) in [5.41, 5.74) is 5.39. The molecule has 1 aromatic rings. The number of benzene rings is 1. The third-order valence-corrected chi connectivity index (χ3v) is 4.36. The summed E-state index contributed by atoms with van der Waals surface area (Å²) < 4.78 is 8.91. The Morgan fingerprint density at radius 1 is 1.37 bits per heavy atom. The smallest absolute Gasteiger partial charge is 0.143 e. The number of nitrogens with two attached hydrogens (primary N) is 1. The minimum absolute atomic E-state index is 0.557. The summed E-state index contributed by atoms with van der Waals surface area (Å²) in [6.45, 7) is 0.557. The van der Waals surface area contributed by atoms with Gasteiger partial charge in [0.15, 0.2) is 0 Å². The van der Waals surface area contributed by atoms with Crippen LogP contribution in [0.3, 0.4) is 0 Å². The van der Waals surface area contributed by atoms with Crippen molar-refractivity contribution >= 4 is 11.9 Å². The lowest BCUT2D eigenvalue weighted by Crippen LogP contribution is -2.34. The molecule has 0 spiro atoms. The Morgan fingerprint density at radius 2 is 2.21 bits per heavy atom. The maximum absolute atomic E-state index is 11.2. The Labute approximate surface area is 116 Å². The fourth-order valence-electron chi connectivity index (χ4n) is 2.44. The number of rotatable bonds is 3. The number of fused-ring (bicyclic) bond motifs is 1. The van der Waals surface area contributed by atoms with Crippen molar-refractivity contribution in [2.24, 2.45) is 5.73 Å². The highest BCUT2D eigenvalue weighted by atomic mass is 32.2. The number of para-hydroxylation sites is 1. The van der Waals surface area contributed by atoms with Gasteiger partial charge in [0.1, 0.15) is 17.1 Å². The number of hydrogen-bond donors (Lipinski definition) is 3. The van der Waals surface area contributed by atoms with Gasteiger partial charge in [-0.1, -0.05) is 18.2 Å². The number of aliphatic hydroxyl groups is 1. The van der Waals surface area contributed by atoms with Gasteiger partial charge in [-0.15, -0.1) is 0 Å². The van der Waals surface area contributed by atoms with Crippen molar-refractivity contribution in [2.75, 3.05) is 6.54 Å². The number of hydrogen-bond acceptors (Lipinski definition) is 5. The molecule has 1 unspecified atom stereocenters. The molecule has 4 N–H and O–H groups in total. The van der Waals surface area contributed by atoms with E-state index in [-0.39, 0.29) is 0 Å². The molecule has 1 aromatic carbocycles. The minimum atomic E-state index is -1.02. The van der Waals surface area contributed by atoms with Crippen LogP contribution in [0.25, 0.3) is 0 Å². The highest BCUT2D eigenvalue weighted by molar-refractivity contribution is 8.01. The molecule has 0 bridgehead atoms. The Bertz CT molecular complexity index is 556. The number of nitrogens with one attached hydrogen (secondary N) is 1. The molecule has 2 aliphatic heterocycles. The van der Waals surface area contributed by atoms with E-state index in [1.54, 1.807) is 6.20 Å². The molecule has 4 nitrogen and oxygen atoms in total. The summed E-state index contributed by atoms with van der Waals surface area (Å²) in [5.74, 6) is 1.43. The van der Waals surface area contributed by atoms with Gasteiger partial charge < -0.3 is 20.3 Å². The molecule has 0 saturated heterocycles. The molecule has 0 saturated carbocycles. The van der Waals surface area contributed by atoms with Crippen LogP contribution in [0.5, 0.6) is 5.75 Å². The lowest BCUT2D eigenvalue weighted by molar-refractivity contribution is 0.0616. The van der Waals surface area contributed by atoms with Gasteiger partial charge in [-0.25, -0.2) is 0 Å². The average molecular weight is 276 g/mol. The van der Waals surface area contributed by atoms with Gasteiger partial charge in [0, 0.05) is 11.8 Å². The molecule has 2 heterocycles. The van der Waals surface area contributed by atoms with Crippen LogP contribution in [-0.2, 0) is 5.60 Å². The molecule has 0 aromatic heterocycles. The maximum Gasteiger partial charge on any atom is 0.143 e. The first kappa shape index (κ1) is 12.6. The third kappa shape index (κ3) is 2.04. The van der Waals surface area contributed by atoms with Crippen molar-refractivity contribution < 1.29 is 9.84 Å². The van der Waals surface area contributed by atoms with Gasteiger partial charge in [-0.05, 0) is 43.5 Å². The second-order valence-corrected chi connectivity index (χ2v) is 5.45. The summed E-state index contributed by atoms with van der Waals surface area (Å²) in [4.78, 5) is 0.808. The first-order valence-electron chi connectivity index (χ1n) is 6.29. The number of allylic oxidation sites excluding steroid dienone is 1. The van der Waals surface area contributed by atoms with E-state index in [2.05, 4.69) is 4.72 Å². The Morgan fingerprint density at radius 3 is 3.05 bits per heavy atom. The van der Waals surface area contributed by atoms with E-state index in [1.165, 1.54) is 11.9 Å². The molecule has 0 radical (unpaired) electrons. The van der Waals surface area contributed by atoms with E-state index in [1.807, 2.05) is 30.3 Å². The molecule has 0 fully saturated rings. The molecule has 0 amide bonds. The zero-order valence-electron chi connectivity index (χ0n) is 10.4. The molecule has 1 atom stereocenters. The van der Waals surface area contributed by atoms with Crippen molar-refractivity contribution in [2.45, 2.75) is 18.4 Å². The highest BCUT2D eigenvalue weighted by Gasteiger charge is 2.42. The number of ether oxygens (including phenoxy) is 1. The van der Waals surface area contributed by atoms with E-state index in [9.17, 15) is 5.11 Å². The van der Waals surface area contributed by atoms with Crippen LogP contribution in [0.15, 0.2) is 47.2 Å². The quantitative estimate of drug-likeness (QED) is 0.737. The molecule has 3 rings (SSSR count). The lowest BCUT2D eigenvalue weighted by Gasteiger charge is -2.37. The van der Waals surface area contributed by atoms with Gasteiger partial charge in [-0.2, -0.15) is 0 Å². The van der Waals surface area contributed by atoms with E-state index >= 15 is 0 Å². The van der Waals surface area contributed by atoms with Gasteiger partial charge in [-0.3, -0.25) is 0 Å². The van der Waals surface area contributed by atoms with E-state index < -0.39 is 5.60 Å². The van der Waals surface area contributed by atoms with Crippen LogP contribution in [0, 0.1) is 0 Å². The van der Waals surface area contributed by atoms with Gasteiger partial charge in [0.2, 0.25) is 0 Å². The van der Waals surface area contributed by atoms with Crippen LogP contribution >= 0.6 is 11.9 Å². The molecular weight excluding hydrogens is 260 g/mol. The second kappa shape index (κ2) is 4.92. The van der Waals surface area contributed by atoms with Crippen LogP contribution in [0.1, 0.15) is 18.4 Å². The normalized spacial score (nSPS) is 24.3. The first-order chi connectivity index (χ1) is 9.25. The van der Waals surface area contributed by atoms with Crippen molar-refractivity contribution in [1.29, 1.82) is 0 Å². The van der Waals surface area contributed by atoms with Crippen LogP contribution in [0.2, 0.25) is 0 Å². The van der Waals surface area contributed by atoms with E-state index in [4.69, 9.17) is 10.5 Å². The van der Waals surface area contributed by atoms with E-state index in [0.29, 0.717) is 24.5 Å². The topological polar surface area (TPSA) is 67.5 Å². The first-order valence-corrected chi connectivity index (χ1v) is 7.11. The zero-order chi connectivity index (χ0) is 13.3. The standard InChI is InChI=1S/C14H16N2O2S/c15-8-3-7-14(17)10-4-1-2-5-11(10)18-12-6-9-16-19-13(12)14/h1-2,4-6,9,16-17H,3,7-8,15H2. The van der Waals surface area contributed by atoms with Crippen molar-refractivity contribution in [3.63, 3.8) is 0 Å². The van der Waals surface area contributed by atoms with Crippen molar-refractivity contribution in [3.05, 3.63) is 52.8 Å². The third-order valence-electron chi connectivity index (χ3n) is 3.36. The molecule has 5 heteroatoms. The van der Waals surface area contributed by atoms with Crippen molar-refractivity contribution in [3.8, 4) is 5.75 Å².